The zero-order chi connectivity index (χ0) is 18.2. The summed E-state index contributed by atoms with van der Waals surface area (Å²) in [6.07, 6.45) is 1.96. The summed E-state index contributed by atoms with van der Waals surface area (Å²) in [5.74, 6) is 0.482. The lowest BCUT2D eigenvalue weighted by Crippen LogP contribution is -2.44. The number of likely N-dealkylation sites (N-methyl/N-ethyl adjacent to an activating group) is 1. The van der Waals surface area contributed by atoms with Gasteiger partial charge in [0.05, 0.1) is 24.8 Å². The molecule has 0 saturated carbocycles. The van der Waals surface area contributed by atoms with Crippen LogP contribution in [0.2, 0.25) is 0 Å². The highest BCUT2D eigenvalue weighted by Crippen LogP contribution is 2.34. The van der Waals surface area contributed by atoms with Crippen molar-refractivity contribution in [3.63, 3.8) is 0 Å². The van der Waals surface area contributed by atoms with Gasteiger partial charge in [0.15, 0.2) is 0 Å². The summed E-state index contributed by atoms with van der Waals surface area (Å²) in [5, 5.41) is 5.56. The van der Waals surface area contributed by atoms with E-state index in [-0.39, 0.29) is 17.9 Å². The fourth-order valence-corrected chi connectivity index (χ4v) is 2.59. The van der Waals surface area contributed by atoms with Gasteiger partial charge < -0.3 is 25.0 Å². The molecule has 2 N–H and O–H groups in total. The molecule has 7 nitrogen and oxygen atoms in total. The van der Waals surface area contributed by atoms with Crippen molar-refractivity contribution in [3.05, 3.63) is 36.4 Å². The van der Waals surface area contributed by atoms with Crippen LogP contribution in [0, 0.1) is 0 Å². The number of benzene rings is 1. The van der Waals surface area contributed by atoms with Gasteiger partial charge in [0.25, 0.3) is 5.91 Å². The third-order valence-corrected chi connectivity index (χ3v) is 4.04. The van der Waals surface area contributed by atoms with Crippen LogP contribution in [-0.2, 0) is 9.53 Å². The Morgan fingerprint density at radius 1 is 1.44 bits per heavy atom. The maximum absolute atomic E-state index is 12.2. The molecule has 0 saturated heterocycles. The number of hydrogen-bond donors (Lipinski definition) is 2. The standard InChI is InChI=1S/C18H25N3O4/c1-4-7-19-17(22)11-14-12-25-16-6-5-13(10-15(16)21(14)2)18(23)20-8-9-24-3/h4-6,10,14H,1,7-9,11-12H2,2-3H3,(H,19,22)(H,20,23)/t14-/m0/s1. The number of anilines is 1. The Hall–Kier alpha value is -2.54. The molecule has 0 unspecified atom stereocenters. The SMILES string of the molecule is C=CCNC(=O)C[C@H]1COc2ccc(C(=O)NCCOC)cc2N1C. The average Bonchev–Trinajstić information content (AvgIpc) is 2.62. The van der Waals surface area contributed by atoms with Crippen LogP contribution in [-0.4, -0.2) is 58.3 Å². The van der Waals surface area contributed by atoms with Gasteiger partial charge in [-0.15, -0.1) is 6.58 Å². The first-order valence-corrected chi connectivity index (χ1v) is 8.21. The fourth-order valence-electron chi connectivity index (χ4n) is 2.59. The molecule has 2 amide bonds. The molecule has 0 aromatic heterocycles. The van der Waals surface area contributed by atoms with Crippen molar-refractivity contribution in [1.29, 1.82) is 0 Å². The summed E-state index contributed by atoms with van der Waals surface area (Å²) in [7, 11) is 3.49. The van der Waals surface area contributed by atoms with Gasteiger partial charge in [-0.25, -0.2) is 0 Å². The predicted molar refractivity (Wildman–Crippen MR) is 96.2 cm³/mol. The van der Waals surface area contributed by atoms with Crippen LogP contribution in [0.5, 0.6) is 5.75 Å². The molecule has 1 aromatic carbocycles. The minimum atomic E-state index is -0.168. The number of fused-ring (bicyclic) bond motifs is 1. The van der Waals surface area contributed by atoms with E-state index in [1.807, 2.05) is 11.9 Å². The molecule has 1 aromatic rings. The number of hydrogen-bond acceptors (Lipinski definition) is 5. The van der Waals surface area contributed by atoms with E-state index in [2.05, 4.69) is 17.2 Å². The van der Waals surface area contributed by atoms with E-state index < -0.39 is 0 Å². The summed E-state index contributed by atoms with van der Waals surface area (Å²) in [4.78, 5) is 26.1. The molecule has 1 atom stereocenters. The van der Waals surface area contributed by atoms with Crippen LogP contribution in [0.3, 0.4) is 0 Å². The first-order valence-electron chi connectivity index (χ1n) is 8.21. The van der Waals surface area contributed by atoms with Gasteiger partial charge in [-0.1, -0.05) is 6.08 Å². The number of nitrogens with zero attached hydrogens (tertiary/aromatic N) is 1. The molecule has 2 rings (SSSR count). The van der Waals surface area contributed by atoms with E-state index in [1.54, 1.807) is 31.4 Å². The van der Waals surface area contributed by atoms with Crippen LogP contribution in [0.25, 0.3) is 0 Å². The largest absolute Gasteiger partial charge is 0.489 e. The van der Waals surface area contributed by atoms with Crippen LogP contribution in [0.15, 0.2) is 30.9 Å². The van der Waals surface area contributed by atoms with Crippen molar-refractivity contribution < 1.29 is 19.1 Å². The van der Waals surface area contributed by atoms with Crippen LogP contribution in [0.4, 0.5) is 5.69 Å². The summed E-state index contributed by atoms with van der Waals surface area (Å²) >= 11 is 0. The fraction of sp³-hybridized carbons (Fsp3) is 0.444. The molecule has 0 aliphatic carbocycles. The smallest absolute Gasteiger partial charge is 0.251 e. The van der Waals surface area contributed by atoms with Crippen LogP contribution in [0.1, 0.15) is 16.8 Å². The number of amides is 2. The second-order valence-electron chi connectivity index (χ2n) is 5.80. The maximum Gasteiger partial charge on any atom is 0.251 e. The number of carbonyl (C=O) groups excluding carboxylic acids is 2. The number of methoxy groups -OCH3 is 1. The van der Waals surface area contributed by atoms with E-state index in [9.17, 15) is 9.59 Å². The first-order chi connectivity index (χ1) is 12.1. The van der Waals surface area contributed by atoms with Gasteiger partial charge in [0.2, 0.25) is 5.91 Å². The Kier molecular flexibility index (Phi) is 6.82. The zero-order valence-corrected chi connectivity index (χ0v) is 14.7. The lowest BCUT2D eigenvalue weighted by molar-refractivity contribution is -0.121. The lowest BCUT2D eigenvalue weighted by Gasteiger charge is -2.35. The minimum absolute atomic E-state index is 0.0581. The van der Waals surface area contributed by atoms with Crippen molar-refractivity contribution in [3.8, 4) is 5.75 Å². The second kappa shape index (κ2) is 9.08. The molecular formula is C18H25N3O4. The Bertz CT molecular complexity index is 633. The highest BCUT2D eigenvalue weighted by molar-refractivity contribution is 5.95. The highest BCUT2D eigenvalue weighted by Gasteiger charge is 2.27. The van der Waals surface area contributed by atoms with Crippen molar-refractivity contribution >= 4 is 17.5 Å². The Morgan fingerprint density at radius 2 is 2.24 bits per heavy atom. The van der Waals surface area contributed by atoms with Crippen molar-refractivity contribution in [2.75, 3.05) is 45.4 Å². The van der Waals surface area contributed by atoms with Gasteiger partial charge in [-0.3, -0.25) is 9.59 Å². The third kappa shape index (κ3) is 4.96. The Balaban J connectivity index is 2.06. The topological polar surface area (TPSA) is 79.9 Å². The van der Waals surface area contributed by atoms with Gasteiger partial charge in [-0.05, 0) is 18.2 Å². The third-order valence-electron chi connectivity index (χ3n) is 4.04. The number of nitrogens with one attached hydrogen (secondary N) is 2. The molecule has 0 radical (unpaired) electrons. The van der Waals surface area contributed by atoms with E-state index >= 15 is 0 Å². The van der Waals surface area contributed by atoms with Gasteiger partial charge in [0, 0.05) is 32.8 Å². The van der Waals surface area contributed by atoms with Crippen LogP contribution >= 0.6 is 0 Å². The predicted octanol–water partition coefficient (Wildman–Crippen LogP) is 0.952. The average molecular weight is 347 g/mol. The zero-order valence-electron chi connectivity index (χ0n) is 14.7. The molecule has 0 fully saturated rings. The van der Waals surface area contributed by atoms with E-state index in [0.29, 0.717) is 44.0 Å². The molecule has 25 heavy (non-hydrogen) atoms. The number of ether oxygens (including phenoxy) is 2. The monoisotopic (exact) mass is 347 g/mol. The Labute approximate surface area is 148 Å². The molecular weight excluding hydrogens is 322 g/mol. The van der Waals surface area contributed by atoms with E-state index in [4.69, 9.17) is 9.47 Å². The molecule has 0 bridgehead atoms. The number of carbonyl (C=O) groups is 2. The molecule has 1 aliphatic rings. The molecule has 1 heterocycles. The molecule has 7 heteroatoms. The number of rotatable bonds is 8. The quantitative estimate of drug-likeness (QED) is 0.541. The maximum atomic E-state index is 12.2. The van der Waals surface area contributed by atoms with Crippen molar-refractivity contribution in [1.82, 2.24) is 10.6 Å². The van der Waals surface area contributed by atoms with Gasteiger partial charge >= 0.3 is 0 Å². The summed E-state index contributed by atoms with van der Waals surface area (Å²) in [6.45, 7) is 5.35. The summed E-state index contributed by atoms with van der Waals surface area (Å²) in [6, 6.07) is 5.20. The second-order valence-corrected chi connectivity index (χ2v) is 5.80. The van der Waals surface area contributed by atoms with Crippen molar-refractivity contribution in [2.24, 2.45) is 0 Å². The Morgan fingerprint density at radius 3 is 2.96 bits per heavy atom. The normalized spacial score (nSPS) is 15.8. The van der Waals surface area contributed by atoms with Gasteiger partial charge in [0.1, 0.15) is 12.4 Å². The van der Waals surface area contributed by atoms with Gasteiger partial charge in [-0.2, -0.15) is 0 Å². The molecule has 1 aliphatic heterocycles. The van der Waals surface area contributed by atoms with Crippen molar-refractivity contribution in [2.45, 2.75) is 12.5 Å². The van der Waals surface area contributed by atoms with E-state index in [0.717, 1.165) is 5.69 Å². The summed E-state index contributed by atoms with van der Waals surface area (Å²) < 4.78 is 10.7. The lowest BCUT2D eigenvalue weighted by atomic mass is 10.1. The van der Waals surface area contributed by atoms with Crippen LogP contribution < -0.4 is 20.3 Å². The van der Waals surface area contributed by atoms with E-state index in [1.165, 1.54) is 0 Å². The molecule has 136 valence electrons. The molecule has 0 spiro atoms. The highest BCUT2D eigenvalue weighted by atomic mass is 16.5. The first kappa shape index (κ1) is 18.8. The minimum Gasteiger partial charge on any atom is -0.489 e. The summed E-state index contributed by atoms with van der Waals surface area (Å²) in [5.41, 5.74) is 1.34.